The van der Waals surface area contributed by atoms with Crippen molar-refractivity contribution in [3.63, 3.8) is 0 Å². The standard InChI is InChI=1S/C18H21NO3/c1-3-21-16-11-9-14(10-12-16)18(20)19-13-15-7-5-6-8-17(15)22-4-2/h5-12H,3-4,13H2,1-2H3,(H,19,20). The summed E-state index contributed by atoms with van der Waals surface area (Å²) in [6, 6.07) is 14.8. The molecule has 22 heavy (non-hydrogen) atoms. The summed E-state index contributed by atoms with van der Waals surface area (Å²) in [6.45, 7) is 5.51. The van der Waals surface area contributed by atoms with E-state index in [0.717, 1.165) is 17.1 Å². The fraction of sp³-hybridized carbons (Fsp3) is 0.278. The van der Waals surface area contributed by atoms with Gasteiger partial charge in [0.05, 0.1) is 13.2 Å². The molecule has 0 radical (unpaired) electrons. The predicted molar refractivity (Wildman–Crippen MR) is 86.4 cm³/mol. The van der Waals surface area contributed by atoms with Crippen LogP contribution in [-0.4, -0.2) is 19.1 Å². The lowest BCUT2D eigenvalue weighted by molar-refractivity contribution is 0.0950. The largest absolute Gasteiger partial charge is 0.494 e. The van der Waals surface area contributed by atoms with Gasteiger partial charge in [0.1, 0.15) is 11.5 Å². The van der Waals surface area contributed by atoms with Gasteiger partial charge in [-0.3, -0.25) is 4.79 Å². The van der Waals surface area contributed by atoms with Gasteiger partial charge in [0.25, 0.3) is 5.91 Å². The number of rotatable bonds is 7. The molecular weight excluding hydrogens is 278 g/mol. The molecule has 0 aliphatic carbocycles. The fourth-order valence-corrected chi connectivity index (χ4v) is 2.09. The molecule has 0 saturated heterocycles. The molecule has 0 atom stereocenters. The summed E-state index contributed by atoms with van der Waals surface area (Å²) >= 11 is 0. The minimum Gasteiger partial charge on any atom is -0.494 e. The van der Waals surface area contributed by atoms with Crippen molar-refractivity contribution >= 4 is 5.91 Å². The molecule has 0 unspecified atom stereocenters. The van der Waals surface area contributed by atoms with Gasteiger partial charge in [-0.25, -0.2) is 0 Å². The lowest BCUT2D eigenvalue weighted by atomic mass is 10.1. The summed E-state index contributed by atoms with van der Waals surface area (Å²) in [5.74, 6) is 1.45. The monoisotopic (exact) mass is 299 g/mol. The maximum Gasteiger partial charge on any atom is 0.251 e. The van der Waals surface area contributed by atoms with E-state index in [-0.39, 0.29) is 5.91 Å². The minimum absolute atomic E-state index is 0.116. The van der Waals surface area contributed by atoms with Gasteiger partial charge in [-0.1, -0.05) is 18.2 Å². The minimum atomic E-state index is -0.116. The number of carbonyl (C=O) groups excluding carboxylic acids is 1. The van der Waals surface area contributed by atoms with Crippen LogP contribution in [0, 0.1) is 0 Å². The Morgan fingerprint density at radius 2 is 1.64 bits per heavy atom. The Bertz CT molecular complexity index is 608. The molecule has 0 aliphatic rings. The highest BCUT2D eigenvalue weighted by molar-refractivity contribution is 5.94. The zero-order valence-corrected chi connectivity index (χ0v) is 13.0. The fourth-order valence-electron chi connectivity index (χ4n) is 2.09. The van der Waals surface area contributed by atoms with E-state index in [1.807, 2.05) is 38.1 Å². The van der Waals surface area contributed by atoms with Gasteiger partial charge in [0.2, 0.25) is 0 Å². The highest BCUT2D eigenvalue weighted by Crippen LogP contribution is 2.18. The van der Waals surface area contributed by atoms with Crippen LogP contribution in [0.3, 0.4) is 0 Å². The first-order chi connectivity index (χ1) is 10.7. The van der Waals surface area contributed by atoms with Gasteiger partial charge in [-0.2, -0.15) is 0 Å². The van der Waals surface area contributed by atoms with Crippen molar-refractivity contribution in [2.45, 2.75) is 20.4 Å². The zero-order valence-electron chi connectivity index (χ0n) is 13.0. The average molecular weight is 299 g/mol. The van der Waals surface area contributed by atoms with E-state index in [2.05, 4.69) is 5.32 Å². The Labute approximate surface area is 131 Å². The van der Waals surface area contributed by atoms with Crippen LogP contribution in [0.5, 0.6) is 11.5 Å². The number of benzene rings is 2. The van der Waals surface area contributed by atoms with Crippen LogP contribution in [0.15, 0.2) is 48.5 Å². The quantitative estimate of drug-likeness (QED) is 0.852. The first-order valence-electron chi connectivity index (χ1n) is 7.46. The van der Waals surface area contributed by atoms with Gasteiger partial charge in [0, 0.05) is 17.7 Å². The third-order valence-corrected chi connectivity index (χ3v) is 3.14. The van der Waals surface area contributed by atoms with Crippen LogP contribution in [-0.2, 0) is 6.54 Å². The van der Waals surface area contributed by atoms with Gasteiger partial charge in [0.15, 0.2) is 0 Å². The molecule has 2 rings (SSSR count). The lowest BCUT2D eigenvalue weighted by Crippen LogP contribution is -2.23. The van der Waals surface area contributed by atoms with Crippen molar-refractivity contribution in [3.05, 3.63) is 59.7 Å². The van der Waals surface area contributed by atoms with Gasteiger partial charge < -0.3 is 14.8 Å². The molecule has 0 aromatic heterocycles. The third-order valence-electron chi connectivity index (χ3n) is 3.14. The molecule has 0 saturated carbocycles. The molecule has 2 aromatic rings. The summed E-state index contributed by atoms with van der Waals surface area (Å²) in [5, 5.41) is 2.91. The van der Waals surface area contributed by atoms with E-state index in [9.17, 15) is 4.79 Å². The van der Waals surface area contributed by atoms with E-state index in [4.69, 9.17) is 9.47 Å². The van der Waals surface area contributed by atoms with Crippen LogP contribution in [0.25, 0.3) is 0 Å². The SMILES string of the molecule is CCOc1ccc(C(=O)NCc2ccccc2OCC)cc1. The van der Waals surface area contributed by atoms with Crippen LogP contribution in [0.1, 0.15) is 29.8 Å². The van der Waals surface area contributed by atoms with Crippen LogP contribution in [0.2, 0.25) is 0 Å². The average Bonchev–Trinajstić information content (AvgIpc) is 2.55. The van der Waals surface area contributed by atoms with Crippen molar-refractivity contribution in [3.8, 4) is 11.5 Å². The molecule has 4 nitrogen and oxygen atoms in total. The second-order valence-electron chi connectivity index (χ2n) is 4.68. The molecule has 1 N–H and O–H groups in total. The second-order valence-corrected chi connectivity index (χ2v) is 4.68. The molecule has 0 bridgehead atoms. The smallest absolute Gasteiger partial charge is 0.251 e. The summed E-state index contributed by atoms with van der Waals surface area (Å²) in [7, 11) is 0. The Hall–Kier alpha value is -2.49. The van der Waals surface area contributed by atoms with Gasteiger partial charge in [-0.05, 0) is 44.2 Å². The lowest BCUT2D eigenvalue weighted by Gasteiger charge is -2.11. The van der Waals surface area contributed by atoms with Crippen molar-refractivity contribution in [2.75, 3.05) is 13.2 Å². The number of para-hydroxylation sites is 1. The summed E-state index contributed by atoms with van der Waals surface area (Å²) in [6.07, 6.45) is 0. The molecule has 2 aromatic carbocycles. The van der Waals surface area contributed by atoms with E-state index in [0.29, 0.717) is 25.3 Å². The molecule has 0 spiro atoms. The topological polar surface area (TPSA) is 47.6 Å². The van der Waals surface area contributed by atoms with Crippen molar-refractivity contribution < 1.29 is 14.3 Å². The number of nitrogens with one attached hydrogen (secondary N) is 1. The Morgan fingerprint density at radius 1 is 0.955 bits per heavy atom. The van der Waals surface area contributed by atoms with E-state index in [1.54, 1.807) is 24.3 Å². The normalized spacial score (nSPS) is 10.1. The number of hydrogen-bond acceptors (Lipinski definition) is 3. The van der Waals surface area contributed by atoms with Gasteiger partial charge >= 0.3 is 0 Å². The number of hydrogen-bond donors (Lipinski definition) is 1. The number of amides is 1. The molecule has 1 amide bonds. The maximum atomic E-state index is 12.2. The molecule has 0 heterocycles. The molecule has 0 fully saturated rings. The van der Waals surface area contributed by atoms with E-state index < -0.39 is 0 Å². The van der Waals surface area contributed by atoms with E-state index >= 15 is 0 Å². The first kappa shape index (κ1) is 15.9. The third kappa shape index (κ3) is 4.25. The number of carbonyl (C=O) groups is 1. The summed E-state index contributed by atoms with van der Waals surface area (Å²) in [4.78, 5) is 12.2. The van der Waals surface area contributed by atoms with Crippen LogP contribution >= 0.6 is 0 Å². The summed E-state index contributed by atoms with van der Waals surface area (Å²) in [5.41, 5.74) is 1.57. The van der Waals surface area contributed by atoms with E-state index in [1.165, 1.54) is 0 Å². The maximum absolute atomic E-state index is 12.2. The van der Waals surface area contributed by atoms with Crippen molar-refractivity contribution in [1.29, 1.82) is 0 Å². The highest BCUT2D eigenvalue weighted by Gasteiger charge is 2.08. The predicted octanol–water partition coefficient (Wildman–Crippen LogP) is 3.41. The van der Waals surface area contributed by atoms with Crippen molar-refractivity contribution in [2.24, 2.45) is 0 Å². The van der Waals surface area contributed by atoms with Crippen molar-refractivity contribution in [1.82, 2.24) is 5.32 Å². The molecular formula is C18H21NO3. The zero-order chi connectivity index (χ0) is 15.8. The Balaban J connectivity index is 1.97. The van der Waals surface area contributed by atoms with Gasteiger partial charge in [-0.15, -0.1) is 0 Å². The van der Waals surface area contributed by atoms with Crippen LogP contribution in [0.4, 0.5) is 0 Å². The Morgan fingerprint density at radius 3 is 2.32 bits per heavy atom. The summed E-state index contributed by atoms with van der Waals surface area (Å²) < 4.78 is 10.9. The second kappa shape index (κ2) is 8.08. The molecule has 0 aliphatic heterocycles. The highest BCUT2D eigenvalue weighted by atomic mass is 16.5. The van der Waals surface area contributed by atoms with Crippen LogP contribution < -0.4 is 14.8 Å². The first-order valence-corrected chi connectivity index (χ1v) is 7.46. The number of ether oxygens (including phenoxy) is 2. The molecule has 4 heteroatoms. The Kier molecular flexibility index (Phi) is 5.83. The molecule has 116 valence electrons.